The molecule has 0 amide bonds. The molecule has 1 rings (SSSR count). The number of ether oxygens (including phenoxy) is 1. The third kappa shape index (κ3) is 4.07. The molecular formula is C12H20ClNO3. The van der Waals surface area contributed by atoms with Gasteiger partial charge in [-0.3, -0.25) is 0 Å². The van der Waals surface area contributed by atoms with E-state index in [-0.39, 0.29) is 18.2 Å². The van der Waals surface area contributed by atoms with Crippen LogP contribution in [0.4, 0.5) is 0 Å². The molecule has 0 aliphatic heterocycles. The van der Waals surface area contributed by atoms with Crippen LogP contribution < -0.4 is 10.5 Å². The Bertz CT molecular complexity index is 347. The largest absolute Gasteiger partial charge is 0.508 e. The first kappa shape index (κ1) is 16.0. The second-order valence-electron chi connectivity index (χ2n) is 3.81. The third-order valence-corrected chi connectivity index (χ3v) is 2.58. The van der Waals surface area contributed by atoms with Gasteiger partial charge in [0.2, 0.25) is 0 Å². The topological polar surface area (TPSA) is 75.7 Å². The normalized spacial score (nSPS) is 13.6. The number of methoxy groups -OCH3 is 1. The fourth-order valence-electron chi connectivity index (χ4n) is 1.66. The first-order chi connectivity index (χ1) is 7.60. The fraction of sp³-hybridized carbons (Fsp3) is 0.500. The smallest absolute Gasteiger partial charge is 0.127 e. The summed E-state index contributed by atoms with van der Waals surface area (Å²) in [5, 5.41) is 19.1. The van der Waals surface area contributed by atoms with Crippen LogP contribution in [0.25, 0.3) is 0 Å². The minimum Gasteiger partial charge on any atom is -0.508 e. The SMILES string of the molecule is CCC[C@H](O)[C@H](N)c1ccc(O)cc1OC.Cl. The first-order valence-electron chi connectivity index (χ1n) is 5.40. The number of rotatable bonds is 5. The van der Waals surface area contributed by atoms with E-state index in [9.17, 15) is 10.2 Å². The monoisotopic (exact) mass is 261 g/mol. The van der Waals surface area contributed by atoms with Gasteiger partial charge < -0.3 is 20.7 Å². The number of benzene rings is 1. The second-order valence-corrected chi connectivity index (χ2v) is 3.81. The maximum absolute atomic E-state index is 9.82. The summed E-state index contributed by atoms with van der Waals surface area (Å²) in [6.07, 6.45) is 0.920. The van der Waals surface area contributed by atoms with Crippen molar-refractivity contribution in [3.63, 3.8) is 0 Å². The highest BCUT2D eigenvalue weighted by atomic mass is 35.5. The Labute approximate surface area is 108 Å². The summed E-state index contributed by atoms with van der Waals surface area (Å²) in [6, 6.07) is 4.22. The van der Waals surface area contributed by atoms with Crippen molar-refractivity contribution in [3.8, 4) is 11.5 Å². The Balaban J connectivity index is 0.00000256. The molecule has 0 aliphatic rings. The van der Waals surface area contributed by atoms with E-state index in [1.165, 1.54) is 19.2 Å². The van der Waals surface area contributed by atoms with Gasteiger partial charge in [0.25, 0.3) is 0 Å². The first-order valence-corrected chi connectivity index (χ1v) is 5.40. The van der Waals surface area contributed by atoms with Crippen LogP contribution in [-0.4, -0.2) is 23.4 Å². The van der Waals surface area contributed by atoms with Gasteiger partial charge in [0, 0.05) is 11.6 Å². The summed E-state index contributed by atoms with van der Waals surface area (Å²) >= 11 is 0. The van der Waals surface area contributed by atoms with Gasteiger partial charge in [0.1, 0.15) is 11.5 Å². The molecular weight excluding hydrogens is 242 g/mol. The van der Waals surface area contributed by atoms with Gasteiger partial charge in [-0.2, -0.15) is 0 Å². The van der Waals surface area contributed by atoms with Crippen LogP contribution in [0.15, 0.2) is 18.2 Å². The molecule has 17 heavy (non-hydrogen) atoms. The van der Waals surface area contributed by atoms with Gasteiger partial charge in [0.05, 0.1) is 19.3 Å². The number of aliphatic hydroxyl groups is 1. The Morgan fingerprint density at radius 1 is 1.41 bits per heavy atom. The van der Waals surface area contributed by atoms with Gasteiger partial charge in [-0.15, -0.1) is 12.4 Å². The molecule has 0 heterocycles. The second kappa shape index (κ2) is 7.37. The molecule has 1 aromatic carbocycles. The van der Waals surface area contributed by atoms with E-state index in [1.54, 1.807) is 6.07 Å². The number of aliphatic hydroxyl groups excluding tert-OH is 1. The maximum atomic E-state index is 9.82. The average Bonchev–Trinajstić information content (AvgIpc) is 2.28. The minimum absolute atomic E-state index is 0. The van der Waals surface area contributed by atoms with Gasteiger partial charge in [-0.1, -0.05) is 13.3 Å². The number of nitrogens with two attached hydrogens (primary N) is 1. The van der Waals surface area contributed by atoms with Crippen molar-refractivity contribution in [3.05, 3.63) is 23.8 Å². The quantitative estimate of drug-likeness (QED) is 0.758. The molecule has 0 radical (unpaired) electrons. The minimum atomic E-state index is -0.594. The molecule has 0 fully saturated rings. The van der Waals surface area contributed by atoms with Gasteiger partial charge in [-0.25, -0.2) is 0 Å². The molecule has 0 bridgehead atoms. The molecule has 2 atom stereocenters. The number of phenols is 1. The highest BCUT2D eigenvalue weighted by Gasteiger charge is 2.19. The van der Waals surface area contributed by atoms with Crippen LogP contribution in [0.2, 0.25) is 0 Å². The van der Waals surface area contributed by atoms with Crippen LogP contribution in [0, 0.1) is 0 Å². The van der Waals surface area contributed by atoms with Crippen LogP contribution in [0.1, 0.15) is 31.4 Å². The van der Waals surface area contributed by atoms with Crippen molar-refractivity contribution in [2.75, 3.05) is 7.11 Å². The van der Waals surface area contributed by atoms with Crippen LogP contribution in [0.3, 0.4) is 0 Å². The Kier molecular flexibility index (Phi) is 6.95. The fourth-order valence-corrected chi connectivity index (χ4v) is 1.66. The third-order valence-electron chi connectivity index (χ3n) is 2.58. The number of phenolic OH excluding ortho intramolecular Hbond substituents is 1. The zero-order valence-corrected chi connectivity index (χ0v) is 10.9. The van der Waals surface area contributed by atoms with E-state index in [2.05, 4.69) is 0 Å². The zero-order chi connectivity index (χ0) is 12.1. The highest BCUT2D eigenvalue weighted by Crippen LogP contribution is 2.30. The van der Waals surface area contributed by atoms with E-state index in [0.29, 0.717) is 17.7 Å². The predicted molar refractivity (Wildman–Crippen MR) is 69.8 cm³/mol. The van der Waals surface area contributed by atoms with Gasteiger partial charge >= 0.3 is 0 Å². The predicted octanol–water partition coefficient (Wildman–Crippen LogP) is 1.98. The molecule has 0 aliphatic carbocycles. The van der Waals surface area contributed by atoms with Crippen LogP contribution in [0.5, 0.6) is 11.5 Å². The summed E-state index contributed by atoms with van der Waals surface area (Å²) in [5.74, 6) is 0.625. The van der Waals surface area contributed by atoms with Crippen molar-refractivity contribution < 1.29 is 14.9 Å². The number of aromatic hydroxyl groups is 1. The summed E-state index contributed by atoms with van der Waals surface area (Å²) in [6.45, 7) is 1.99. The van der Waals surface area contributed by atoms with Crippen molar-refractivity contribution in [1.82, 2.24) is 0 Å². The molecule has 4 nitrogen and oxygen atoms in total. The summed E-state index contributed by atoms with van der Waals surface area (Å²) in [5.41, 5.74) is 6.65. The van der Waals surface area contributed by atoms with Gasteiger partial charge in [-0.05, 0) is 18.6 Å². The summed E-state index contributed by atoms with van der Waals surface area (Å²) in [7, 11) is 1.51. The molecule has 0 unspecified atom stereocenters. The molecule has 5 heteroatoms. The summed E-state index contributed by atoms with van der Waals surface area (Å²) < 4.78 is 5.12. The van der Waals surface area contributed by atoms with E-state index in [4.69, 9.17) is 10.5 Å². The van der Waals surface area contributed by atoms with E-state index < -0.39 is 12.1 Å². The zero-order valence-electron chi connectivity index (χ0n) is 10.1. The van der Waals surface area contributed by atoms with E-state index >= 15 is 0 Å². The lowest BCUT2D eigenvalue weighted by molar-refractivity contribution is 0.133. The van der Waals surface area contributed by atoms with Crippen LogP contribution in [-0.2, 0) is 0 Å². The van der Waals surface area contributed by atoms with E-state index in [0.717, 1.165) is 6.42 Å². The van der Waals surface area contributed by atoms with Crippen LogP contribution >= 0.6 is 12.4 Å². The molecule has 98 valence electrons. The Morgan fingerprint density at radius 3 is 2.59 bits per heavy atom. The lowest BCUT2D eigenvalue weighted by Gasteiger charge is -2.20. The maximum Gasteiger partial charge on any atom is 0.127 e. The molecule has 0 aromatic heterocycles. The molecule has 0 saturated carbocycles. The molecule has 1 aromatic rings. The molecule has 4 N–H and O–H groups in total. The highest BCUT2D eigenvalue weighted by molar-refractivity contribution is 5.85. The molecule has 0 spiro atoms. The number of hydrogen-bond donors (Lipinski definition) is 3. The van der Waals surface area contributed by atoms with Crippen molar-refractivity contribution >= 4 is 12.4 Å². The average molecular weight is 262 g/mol. The lowest BCUT2D eigenvalue weighted by atomic mass is 9.98. The standard InChI is InChI=1S/C12H19NO3.ClH/c1-3-4-10(15)12(13)9-6-5-8(14)7-11(9)16-2;/h5-7,10,12,14-15H,3-4,13H2,1-2H3;1H/t10-,12+;/m0./s1. The van der Waals surface area contributed by atoms with Gasteiger partial charge in [0.15, 0.2) is 0 Å². The number of halogens is 1. The van der Waals surface area contributed by atoms with Crippen molar-refractivity contribution in [1.29, 1.82) is 0 Å². The Hall–Kier alpha value is -0.970. The summed E-state index contributed by atoms with van der Waals surface area (Å²) in [4.78, 5) is 0. The molecule has 0 saturated heterocycles. The number of hydrogen-bond acceptors (Lipinski definition) is 4. The Morgan fingerprint density at radius 2 is 2.06 bits per heavy atom. The lowest BCUT2D eigenvalue weighted by Crippen LogP contribution is -2.26. The van der Waals surface area contributed by atoms with Crippen molar-refractivity contribution in [2.45, 2.75) is 31.9 Å². The van der Waals surface area contributed by atoms with Crippen molar-refractivity contribution in [2.24, 2.45) is 5.73 Å². The van der Waals surface area contributed by atoms with E-state index in [1.807, 2.05) is 6.92 Å².